The van der Waals surface area contributed by atoms with Crippen molar-refractivity contribution in [2.45, 2.75) is 25.7 Å². The summed E-state index contributed by atoms with van der Waals surface area (Å²) in [7, 11) is 1.54. The number of amidine groups is 1. The van der Waals surface area contributed by atoms with Gasteiger partial charge in [0.25, 0.3) is 0 Å². The highest BCUT2D eigenvalue weighted by Crippen LogP contribution is 2.25. The van der Waals surface area contributed by atoms with Crippen LogP contribution in [0.2, 0.25) is 0 Å². The zero-order chi connectivity index (χ0) is 12.1. The Morgan fingerprint density at radius 1 is 1.29 bits per heavy atom. The topological polar surface area (TPSA) is 33.6 Å². The van der Waals surface area contributed by atoms with Gasteiger partial charge in [0.2, 0.25) is 0 Å². The molecule has 3 nitrogen and oxygen atoms in total. The van der Waals surface area contributed by atoms with E-state index in [-0.39, 0.29) is 5.82 Å². The average molecular weight is 236 g/mol. The van der Waals surface area contributed by atoms with E-state index < -0.39 is 0 Å². The van der Waals surface area contributed by atoms with Crippen LogP contribution in [0.1, 0.15) is 25.7 Å². The number of nitrogens with one attached hydrogen (secondary N) is 1. The predicted octanol–water partition coefficient (Wildman–Crippen LogP) is 3.22. The summed E-state index contributed by atoms with van der Waals surface area (Å²) in [5, 5.41) is 3.23. The monoisotopic (exact) mass is 236 g/mol. The second-order valence-electron chi connectivity index (χ2n) is 4.11. The van der Waals surface area contributed by atoms with Gasteiger partial charge in [-0.15, -0.1) is 0 Å². The van der Waals surface area contributed by atoms with Crippen LogP contribution in [0.5, 0.6) is 5.75 Å². The average Bonchev–Trinajstić information content (AvgIpc) is 2.60. The van der Waals surface area contributed by atoms with Crippen molar-refractivity contribution in [2.75, 3.05) is 19.0 Å². The molecule has 0 saturated carbocycles. The van der Waals surface area contributed by atoms with Gasteiger partial charge in [-0.25, -0.2) is 4.39 Å². The minimum Gasteiger partial charge on any atom is -0.494 e. The number of nitrogens with zero attached hydrogens (tertiary/aromatic N) is 1. The summed E-state index contributed by atoms with van der Waals surface area (Å²) in [6, 6.07) is 4.48. The molecule has 1 aromatic rings. The number of hydrogen-bond donors (Lipinski definition) is 1. The smallest absolute Gasteiger partial charge is 0.145 e. The van der Waals surface area contributed by atoms with Gasteiger partial charge in [-0.2, -0.15) is 0 Å². The minimum absolute atomic E-state index is 0.296. The van der Waals surface area contributed by atoms with Gasteiger partial charge in [-0.3, -0.25) is 4.99 Å². The summed E-state index contributed by atoms with van der Waals surface area (Å²) >= 11 is 0. The molecular formula is C13H17FN2O. The zero-order valence-electron chi connectivity index (χ0n) is 10.0. The Balaban J connectivity index is 2.14. The second kappa shape index (κ2) is 5.66. The van der Waals surface area contributed by atoms with E-state index in [9.17, 15) is 4.39 Å². The third kappa shape index (κ3) is 3.19. The van der Waals surface area contributed by atoms with Crippen molar-refractivity contribution in [3.8, 4) is 5.75 Å². The van der Waals surface area contributed by atoms with Crippen LogP contribution in [0.4, 0.5) is 10.1 Å². The van der Waals surface area contributed by atoms with E-state index in [1.54, 1.807) is 6.07 Å². The van der Waals surface area contributed by atoms with Gasteiger partial charge in [0, 0.05) is 19.0 Å². The number of methoxy groups -OCH3 is 1. The Labute approximate surface area is 101 Å². The first-order valence-corrected chi connectivity index (χ1v) is 5.93. The molecular weight excluding hydrogens is 219 g/mol. The molecule has 0 aromatic heterocycles. The Bertz CT molecular complexity index is 418. The molecule has 1 aromatic carbocycles. The first kappa shape index (κ1) is 11.9. The number of benzene rings is 1. The van der Waals surface area contributed by atoms with Gasteiger partial charge in [0.15, 0.2) is 0 Å². The molecule has 0 spiro atoms. The van der Waals surface area contributed by atoms with E-state index in [0.717, 1.165) is 37.3 Å². The summed E-state index contributed by atoms with van der Waals surface area (Å²) in [4.78, 5) is 4.47. The third-order valence-electron chi connectivity index (χ3n) is 2.82. The molecule has 17 heavy (non-hydrogen) atoms. The van der Waals surface area contributed by atoms with Crippen LogP contribution in [-0.4, -0.2) is 19.5 Å². The predicted molar refractivity (Wildman–Crippen MR) is 67.3 cm³/mol. The Hall–Kier alpha value is -1.58. The molecule has 0 radical (unpaired) electrons. The molecule has 0 aliphatic carbocycles. The zero-order valence-corrected chi connectivity index (χ0v) is 10.0. The van der Waals surface area contributed by atoms with E-state index >= 15 is 0 Å². The number of aliphatic imine (C=N–C) groups is 1. The van der Waals surface area contributed by atoms with Crippen molar-refractivity contribution in [3.05, 3.63) is 24.0 Å². The van der Waals surface area contributed by atoms with Crippen molar-refractivity contribution >= 4 is 11.5 Å². The molecule has 0 amide bonds. The molecule has 1 aliphatic heterocycles. The number of hydrogen-bond acceptors (Lipinski definition) is 3. The maximum absolute atomic E-state index is 13.0. The fourth-order valence-electron chi connectivity index (χ4n) is 1.90. The van der Waals surface area contributed by atoms with Crippen LogP contribution in [0.25, 0.3) is 0 Å². The molecule has 0 unspecified atom stereocenters. The maximum atomic E-state index is 13.0. The Morgan fingerprint density at radius 3 is 3.00 bits per heavy atom. The number of anilines is 1. The maximum Gasteiger partial charge on any atom is 0.145 e. The summed E-state index contributed by atoms with van der Waals surface area (Å²) in [5.41, 5.74) is 0.773. The fourth-order valence-corrected chi connectivity index (χ4v) is 1.90. The summed E-state index contributed by atoms with van der Waals surface area (Å²) in [5.74, 6) is 1.18. The lowest BCUT2D eigenvalue weighted by Crippen LogP contribution is -2.12. The summed E-state index contributed by atoms with van der Waals surface area (Å²) in [6.07, 6.45) is 4.46. The molecule has 0 saturated heterocycles. The quantitative estimate of drug-likeness (QED) is 0.855. The Morgan fingerprint density at radius 2 is 2.18 bits per heavy atom. The number of rotatable bonds is 2. The first-order chi connectivity index (χ1) is 8.29. The van der Waals surface area contributed by atoms with Gasteiger partial charge < -0.3 is 10.1 Å². The number of halogens is 1. The number of ether oxygens (including phenoxy) is 1. The van der Waals surface area contributed by atoms with Gasteiger partial charge in [-0.05, 0) is 25.0 Å². The molecule has 4 heteroatoms. The van der Waals surface area contributed by atoms with Gasteiger partial charge in [0.1, 0.15) is 17.4 Å². The third-order valence-corrected chi connectivity index (χ3v) is 2.82. The molecule has 1 aliphatic rings. The van der Waals surface area contributed by atoms with Gasteiger partial charge >= 0.3 is 0 Å². The van der Waals surface area contributed by atoms with Crippen LogP contribution in [0.3, 0.4) is 0 Å². The molecule has 0 atom stereocenters. The SMILES string of the molecule is COc1cc(F)ccc1NC1=NCCCCC1. The van der Waals surface area contributed by atoms with Crippen molar-refractivity contribution in [2.24, 2.45) is 4.99 Å². The van der Waals surface area contributed by atoms with Gasteiger partial charge in [0.05, 0.1) is 12.8 Å². The van der Waals surface area contributed by atoms with Crippen LogP contribution >= 0.6 is 0 Å². The normalized spacial score (nSPS) is 16.0. The lowest BCUT2D eigenvalue weighted by Gasteiger charge is -2.12. The van der Waals surface area contributed by atoms with E-state index in [1.165, 1.54) is 25.7 Å². The standard InChI is InChI=1S/C13H17FN2O/c1-17-12-9-10(14)6-7-11(12)16-13-5-3-2-4-8-15-13/h6-7,9H,2-5,8H2,1H3,(H,15,16). The lowest BCUT2D eigenvalue weighted by molar-refractivity contribution is 0.413. The molecule has 0 bridgehead atoms. The Kier molecular flexibility index (Phi) is 3.96. The van der Waals surface area contributed by atoms with E-state index in [1.807, 2.05) is 0 Å². The first-order valence-electron chi connectivity index (χ1n) is 5.93. The van der Waals surface area contributed by atoms with Crippen molar-refractivity contribution < 1.29 is 9.13 Å². The summed E-state index contributed by atoms with van der Waals surface area (Å²) in [6.45, 7) is 0.867. The fraction of sp³-hybridized carbons (Fsp3) is 0.462. The highest BCUT2D eigenvalue weighted by Gasteiger charge is 2.08. The van der Waals surface area contributed by atoms with E-state index in [2.05, 4.69) is 10.3 Å². The molecule has 92 valence electrons. The highest BCUT2D eigenvalue weighted by molar-refractivity contribution is 5.96. The summed E-state index contributed by atoms with van der Waals surface area (Å²) < 4.78 is 18.2. The van der Waals surface area contributed by atoms with Crippen LogP contribution < -0.4 is 10.1 Å². The lowest BCUT2D eigenvalue weighted by atomic mass is 10.2. The molecule has 1 N–H and O–H groups in total. The second-order valence-corrected chi connectivity index (χ2v) is 4.11. The molecule has 1 heterocycles. The molecule has 2 rings (SSSR count). The highest BCUT2D eigenvalue weighted by atomic mass is 19.1. The van der Waals surface area contributed by atoms with Crippen molar-refractivity contribution in [1.82, 2.24) is 0 Å². The minimum atomic E-state index is -0.296. The van der Waals surface area contributed by atoms with E-state index in [0.29, 0.717) is 5.75 Å². The van der Waals surface area contributed by atoms with Gasteiger partial charge in [-0.1, -0.05) is 6.42 Å². The molecule has 0 fully saturated rings. The van der Waals surface area contributed by atoms with Crippen LogP contribution in [0, 0.1) is 5.82 Å². The van der Waals surface area contributed by atoms with Crippen molar-refractivity contribution in [1.29, 1.82) is 0 Å². The largest absolute Gasteiger partial charge is 0.494 e. The van der Waals surface area contributed by atoms with Crippen molar-refractivity contribution in [3.63, 3.8) is 0 Å². The van der Waals surface area contributed by atoms with E-state index in [4.69, 9.17) is 4.74 Å². The van der Waals surface area contributed by atoms with Crippen LogP contribution in [-0.2, 0) is 0 Å². The van der Waals surface area contributed by atoms with Crippen LogP contribution in [0.15, 0.2) is 23.2 Å².